The lowest BCUT2D eigenvalue weighted by molar-refractivity contribution is -0.115. The number of aromatic nitrogens is 3. The molecule has 0 aliphatic rings. The first-order valence-electron chi connectivity index (χ1n) is 9.96. The number of primary amides is 1. The quantitative estimate of drug-likeness (QED) is 0.431. The average molecular weight is 474 g/mol. The average Bonchev–Trinajstić information content (AvgIpc) is 3.13. The van der Waals surface area contributed by atoms with Crippen molar-refractivity contribution in [3.8, 4) is 11.4 Å². The van der Waals surface area contributed by atoms with Crippen LogP contribution in [0.25, 0.3) is 11.4 Å². The second-order valence-corrected chi connectivity index (χ2v) is 9.34. The maximum atomic E-state index is 14.3. The van der Waals surface area contributed by atoms with E-state index < -0.39 is 5.91 Å². The minimum absolute atomic E-state index is 0.0995. The van der Waals surface area contributed by atoms with Crippen molar-refractivity contribution < 1.29 is 14.0 Å². The Labute approximate surface area is 194 Å². The van der Waals surface area contributed by atoms with Crippen molar-refractivity contribution >= 4 is 41.0 Å². The summed E-state index contributed by atoms with van der Waals surface area (Å²) >= 11 is 2.50. The maximum absolute atomic E-state index is 14.3. The second kappa shape index (κ2) is 11.1. The summed E-state index contributed by atoms with van der Waals surface area (Å²) in [5.74, 6) is -0.0901. The van der Waals surface area contributed by atoms with Gasteiger partial charge in [0.05, 0.1) is 22.8 Å². The summed E-state index contributed by atoms with van der Waals surface area (Å²) in [4.78, 5) is 24.4. The number of carbonyl (C=O) groups is 2. The van der Waals surface area contributed by atoms with Crippen LogP contribution in [0.2, 0.25) is 0 Å². The van der Waals surface area contributed by atoms with Gasteiger partial charge in [-0.25, -0.2) is 4.39 Å². The molecule has 7 nitrogen and oxygen atoms in total. The summed E-state index contributed by atoms with van der Waals surface area (Å²) < 4.78 is 16.2. The van der Waals surface area contributed by atoms with Crippen LogP contribution in [0.3, 0.4) is 0 Å². The van der Waals surface area contributed by atoms with Gasteiger partial charge in [-0.3, -0.25) is 9.59 Å². The molecule has 0 fully saturated rings. The van der Waals surface area contributed by atoms with Crippen molar-refractivity contribution in [1.82, 2.24) is 14.8 Å². The van der Waals surface area contributed by atoms with Gasteiger partial charge in [-0.15, -0.1) is 22.0 Å². The van der Waals surface area contributed by atoms with Crippen LogP contribution in [0.5, 0.6) is 0 Å². The van der Waals surface area contributed by atoms with E-state index in [1.165, 1.54) is 29.6 Å². The fourth-order valence-corrected chi connectivity index (χ4v) is 4.42. The standard InChI is InChI=1S/C22H24FN5O2S2/c1-14(2)11-28-21(15-7-3-4-8-16(15)23)26-27-22(28)32-13-20(30)25-17-9-5-6-10-18(17)31-12-19(24)29/h3-10,14H,11-13H2,1-2H3,(H2,24,29)(H,25,30). The number of hydrogen-bond donors (Lipinski definition) is 2. The van der Waals surface area contributed by atoms with Crippen molar-refractivity contribution in [2.75, 3.05) is 16.8 Å². The van der Waals surface area contributed by atoms with Crippen LogP contribution in [0, 0.1) is 11.7 Å². The molecule has 0 saturated heterocycles. The smallest absolute Gasteiger partial charge is 0.234 e. The van der Waals surface area contributed by atoms with Crippen LogP contribution in [-0.2, 0) is 16.1 Å². The van der Waals surface area contributed by atoms with E-state index in [1.807, 2.05) is 30.5 Å². The number of nitrogens with zero attached hydrogens (tertiary/aromatic N) is 3. The highest BCUT2D eigenvalue weighted by molar-refractivity contribution is 8.00. The number of thioether (sulfide) groups is 2. The molecule has 10 heteroatoms. The molecule has 1 heterocycles. The molecule has 3 aromatic rings. The first-order valence-corrected chi connectivity index (χ1v) is 11.9. The van der Waals surface area contributed by atoms with E-state index in [-0.39, 0.29) is 29.1 Å². The third-order valence-electron chi connectivity index (χ3n) is 4.24. The van der Waals surface area contributed by atoms with E-state index in [4.69, 9.17) is 5.73 Å². The van der Waals surface area contributed by atoms with Crippen LogP contribution in [0.15, 0.2) is 58.6 Å². The van der Waals surface area contributed by atoms with Crippen molar-refractivity contribution in [3.05, 3.63) is 54.3 Å². The number of carbonyl (C=O) groups excluding carboxylic acids is 2. The highest BCUT2D eigenvalue weighted by Crippen LogP contribution is 2.29. The second-order valence-electron chi connectivity index (χ2n) is 7.38. The Morgan fingerprint density at radius 1 is 1.06 bits per heavy atom. The predicted octanol–water partition coefficient (Wildman–Crippen LogP) is 4.05. The number of para-hydroxylation sites is 1. The Morgan fingerprint density at radius 2 is 1.78 bits per heavy atom. The zero-order valence-electron chi connectivity index (χ0n) is 17.7. The molecule has 0 bridgehead atoms. The van der Waals surface area contributed by atoms with Gasteiger partial charge >= 0.3 is 0 Å². The molecule has 0 radical (unpaired) electrons. The Balaban J connectivity index is 1.73. The SMILES string of the molecule is CC(C)Cn1c(SCC(=O)Nc2ccccc2SCC(N)=O)nnc1-c1ccccc1F. The van der Waals surface area contributed by atoms with Gasteiger partial charge in [0.2, 0.25) is 11.8 Å². The Hall–Kier alpha value is -2.85. The molecule has 2 aromatic carbocycles. The fraction of sp³-hybridized carbons (Fsp3) is 0.273. The number of nitrogens with two attached hydrogens (primary N) is 1. The van der Waals surface area contributed by atoms with E-state index >= 15 is 0 Å². The maximum Gasteiger partial charge on any atom is 0.234 e. The van der Waals surface area contributed by atoms with E-state index in [0.717, 1.165) is 4.90 Å². The molecular formula is C22H24FN5O2S2. The number of amides is 2. The first kappa shape index (κ1) is 23.8. The lowest BCUT2D eigenvalue weighted by atomic mass is 10.2. The van der Waals surface area contributed by atoms with Crippen LogP contribution in [0.1, 0.15) is 13.8 Å². The Bertz CT molecular complexity index is 1100. The van der Waals surface area contributed by atoms with Crippen molar-refractivity contribution in [3.63, 3.8) is 0 Å². The number of nitrogens with one attached hydrogen (secondary N) is 1. The summed E-state index contributed by atoms with van der Waals surface area (Å²) in [6, 6.07) is 13.6. The number of rotatable bonds is 10. The van der Waals surface area contributed by atoms with Gasteiger partial charge in [-0.2, -0.15) is 0 Å². The van der Waals surface area contributed by atoms with Crippen molar-refractivity contribution in [2.45, 2.75) is 30.4 Å². The van der Waals surface area contributed by atoms with Gasteiger partial charge in [0.25, 0.3) is 0 Å². The molecule has 3 rings (SSSR count). The third-order valence-corrected chi connectivity index (χ3v) is 6.31. The molecule has 0 aliphatic heterocycles. The van der Waals surface area contributed by atoms with Gasteiger partial charge in [0.1, 0.15) is 5.82 Å². The van der Waals surface area contributed by atoms with Crippen LogP contribution >= 0.6 is 23.5 Å². The molecule has 0 saturated carbocycles. The minimum atomic E-state index is -0.429. The molecule has 0 aliphatic carbocycles. The number of hydrogen-bond acceptors (Lipinski definition) is 6. The summed E-state index contributed by atoms with van der Waals surface area (Å²) in [7, 11) is 0. The number of halogens is 1. The molecule has 168 valence electrons. The van der Waals surface area contributed by atoms with Crippen molar-refractivity contribution in [2.24, 2.45) is 11.7 Å². The number of benzene rings is 2. The van der Waals surface area contributed by atoms with Crippen LogP contribution < -0.4 is 11.1 Å². The normalized spacial score (nSPS) is 11.0. The minimum Gasteiger partial charge on any atom is -0.369 e. The van der Waals surface area contributed by atoms with Gasteiger partial charge in [0.15, 0.2) is 11.0 Å². The van der Waals surface area contributed by atoms with Gasteiger partial charge in [-0.1, -0.05) is 49.9 Å². The van der Waals surface area contributed by atoms with E-state index in [2.05, 4.69) is 15.5 Å². The van der Waals surface area contributed by atoms with E-state index in [9.17, 15) is 14.0 Å². The monoisotopic (exact) mass is 473 g/mol. The summed E-state index contributed by atoms with van der Waals surface area (Å²) in [5.41, 5.74) is 6.20. The molecule has 0 atom stereocenters. The van der Waals surface area contributed by atoms with Gasteiger partial charge in [-0.05, 0) is 30.2 Å². The highest BCUT2D eigenvalue weighted by atomic mass is 32.2. The molecule has 1 aromatic heterocycles. The lowest BCUT2D eigenvalue weighted by Gasteiger charge is -2.13. The highest BCUT2D eigenvalue weighted by Gasteiger charge is 2.19. The molecule has 2 amide bonds. The molecule has 0 unspecified atom stereocenters. The molecule has 32 heavy (non-hydrogen) atoms. The summed E-state index contributed by atoms with van der Waals surface area (Å²) in [6.45, 7) is 4.69. The molecule has 3 N–H and O–H groups in total. The molecule has 0 spiro atoms. The zero-order valence-corrected chi connectivity index (χ0v) is 19.4. The lowest BCUT2D eigenvalue weighted by Crippen LogP contribution is -2.16. The van der Waals surface area contributed by atoms with E-state index in [1.54, 1.807) is 30.3 Å². The predicted molar refractivity (Wildman–Crippen MR) is 126 cm³/mol. The zero-order chi connectivity index (χ0) is 23.1. The Kier molecular flexibility index (Phi) is 8.29. The van der Waals surface area contributed by atoms with Crippen LogP contribution in [0.4, 0.5) is 10.1 Å². The molecular weight excluding hydrogens is 449 g/mol. The summed E-state index contributed by atoms with van der Waals surface area (Å²) in [6.07, 6.45) is 0. The van der Waals surface area contributed by atoms with Gasteiger partial charge in [0, 0.05) is 11.4 Å². The Morgan fingerprint density at radius 3 is 2.50 bits per heavy atom. The third kappa shape index (κ3) is 6.33. The number of anilines is 1. The van der Waals surface area contributed by atoms with Crippen molar-refractivity contribution in [1.29, 1.82) is 0 Å². The topological polar surface area (TPSA) is 103 Å². The van der Waals surface area contributed by atoms with Crippen LogP contribution in [-0.4, -0.2) is 38.1 Å². The van der Waals surface area contributed by atoms with E-state index in [0.29, 0.717) is 28.8 Å². The van der Waals surface area contributed by atoms with Gasteiger partial charge < -0.3 is 15.6 Å². The summed E-state index contributed by atoms with van der Waals surface area (Å²) in [5, 5.41) is 11.8. The largest absolute Gasteiger partial charge is 0.369 e. The first-order chi connectivity index (χ1) is 15.3. The fourth-order valence-electron chi connectivity index (χ4n) is 2.93.